The highest BCUT2D eigenvalue weighted by molar-refractivity contribution is 6.30. The molecule has 0 unspecified atom stereocenters. The summed E-state index contributed by atoms with van der Waals surface area (Å²) in [6, 6.07) is 6.55. The van der Waals surface area contributed by atoms with E-state index < -0.39 is 47.1 Å². The molecule has 35 heavy (non-hydrogen) atoms. The molecule has 7 nitrogen and oxygen atoms in total. The zero-order valence-corrected chi connectivity index (χ0v) is 18.5. The van der Waals surface area contributed by atoms with Gasteiger partial charge in [-0.05, 0) is 31.2 Å². The number of amides is 1. The molecular weight excluding hydrogens is 499 g/mol. The van der Waals surface area contributed by atoms with Crippen molar-refractivity contribution in [2.75, 3.05) is 5.32 Å². The fraction of sp³-hybridized carbons (Fsp3) is 0.136. The molecule has 1 amide bonds. The summed E-state index contributed by atoms with van der Waals surface area (Å²) in [5, 5.41) is 10.5. The Morgan fingerprint density at radius 1 is 1.03 bits per heavy atom. The molecule has 0 aliphatic heterocycles. The van der Waals surface area contributed by atoms with Crippen LogP contribution in [0.1, 0.15) is 27.4 Å². The van der Waals surface area contributed by atoms with Crippen LogP contribution in [0.5, 0.6) is 5.75 Å². The Morgan fingerprint density at radius 2 is 1.66 bits per heavy atom. The number of nitrogens with zero attached hydrogens (tertiary/aromatic N) is 3. The van der Waals surface area contributed by atoms with Crippen LogP contribution >= 0.6 is 11.6 Å². The van der Waals surface area contributed by atoms with E-state index in [2.05, 4.69) is 15.6 Å². The largest absolute Gasteiger partial charge is 0.489 e. The quantitative estimate of drug-likeness (QED) is 0.203. The molecule has 0 bridgehead atoms. The third-order valence-corrected chi connectivity index (χ3v) is 5.16. The molecule has 4 rings (SSSR count). The van der Waals surface area contributed by atoms with Gasteiger partial charge in [0.2, 0.25) is 5.82 Å². The summed E-state index contributed by atoms with van der Waals surface area (Å²) in [5.74, 6) is -10.2. The molecule has 13 heteroatoms. The number of rotatable bonds is 7. The molecule has 0 fully saturated rings. The Kier molecular flexibility index (Phi) is 6.74. The van der Waals surface area contributed by atoms with Crippen molar-refractivity contribution in [1.82, 2.24) is 14.9 Å². The van der Waals surface area contributed by atoms with Crippen LogP contribution in [-0.2, 0) is 13.2 Å². The van der Waals surface area contributed by atoms with Gasteiger partial charge in [-0.15, -0.1) is 0 Å². The van der Waals surface area contributed by atoms with Gasteiger partial charge in [-0.1, -0.05) is 16.8 Å². The first kappa shape index (κ1) is 24.2. The fourth-order valence-corrected chi connectivity index (χ4v) is 3.21. The zero-order valence-electron chi connectivity index (χ0n) is 17.7. The van der Waals surface area contributed by atoms with Gasteiger partial charge in [-0.25, -0.2) is 22.0 Å². The molecule has 0 saturated heterocycles. The Balaban J connectivity index is 1.47. The van der Waals surface area contributed by atoms with Crippen molar-refractivity contribution in [1.29, 1.82) is 0 Å². The number of nitrogens with one attached hydrogen (secondary N) is 1. The van der Waals surface area contributed by atoms with Gasteiger partial charge in [-0.2, -0.15) is 5.10 Å². The maximum Gasteiger partial charge on any atom is 0.278 e. The highest BCUT2D eigenvalue weighted by atomic mass is 35.5. The van der Waals surface area contributed by atoms with Gasteiger partial charge in [0.15, 0.2) is 29.0 Å². The van der Waals surface area contributed by atoms with Crippen molar-refractivity contribution >= 4 is 23.2 Å². The highest BCUT2D eigenvalue weighted by Crippen LogP contribution is 2.24. The van der Waals surface area contributed by atoms with Crippen molar-refractivity contribution in [3.63, 3.8) is 0 Å². The van der Waals surface area contributed by atoms with E-state index in [0.29, 0.717) is 22.1 Å². The van der Waals surface area contributed by atoms with Gasteiger partial charge in [0.25, 0.3) is 5.91 Å². The molecular formula is C22H14ClF5N4O3. The molecule has 4 aromatic rings. The van der Waals surface area contributed by atoms with Gasteiger partial charge in [0.05, 0.1) is 29.6 Å². The second-order valence-electron chi connectivity index (χ2n) is 7.24. The first-order valence-electron chi connectivity index (χ1n) is 9.83. The topological polar surface area (TPSA) is 82.2 Å². The van der Waals surface area contributed by atoms with Gasteiger partial charge < -0.3 is 14.6 Å². The molecule has 0 saturated carbocycles. The molecule has 0 atom stereocenters. The number of anilines is 1. The first-order chi connectivity index (χ1) is 16.7. The van der Waals surface area contributed by atoms with Crippen LogP contribution in [0.2, 0.25) is 5.02 Å². The monoisotopic (exact) mass is 512 g/mol. The average molecular weight is 513 g/mol. The second kappa shape index (κ2) is 9.74. The normalized spacial score (nSPS) is 11.1. The first-order valence-corrected chi connectivity index (χ1v) is 10.2. The lowest BCUT2D eigenvalue weighted by atomic mass is 10.1. The minimum absolute atomic E-state index is 0.0424. The van der Waals surface area contributed by atoms with Crippen molar-refractivity contribution in [2.24, 2.45) is 0 Å². The van der Waals surface area contributed by atoms with E-state index in [1.165, 1.54) is 0 Å². The molecule has 0 aliphatic carbocycles. The summed E-state index contributed by atoms with van der Waals surface area (Å²) in [4.78, 5) is 12.7. The van der Waals surface area contributed by atoms with E-state index in [9.17, 15) is 26.7 Å². The Morgan fingerprint density at radius 3 is 2.31 bits per heavy atom. The van der Waals surface area contributed by atoms with Gasteiger partial charge >= 0.3 is 0 Å². The Bertz CT molecular complexity index is 1380. The van der Waals surface area contributed by atoms with Crippen LogP contribution in [0, 0.1) is 36.0 Å². The molecule has 2 aromatic carbocycles. The third-order valence-electron chi connectivity index (χ3n) is 4.91. The summed E-state index contributed by atoms with van der Waals surface area (Å²) >= 11 is 5.84. The van der Waals surface area contributed by atoms with Crippen LogP contribution < -0.4 is 10.1 Å². The number of benzene rings is 2. The summed E-state index contributed by atoms with van der Waals surface area (Å²) in [6.07, 6.45) is 2.27. The van der Waals surface area contributed by atoms with E-state index in [4.69, 9.17) is 20.9 Å². The van der Waals surface area contributed by atoms with E-state index in [-0.39, 0.29) is 18.0 Å². The molecule has 1 N–H and O–H groups in total. The van der Waals surface area contributed by atoms with Crippen LogP contribution in [0.4, 0.5) is 27.6 Å². The lowest BCUT2D eigenvalue weighted by molar-refractivity contribution is 0.101. The summed E-state index contributed by atoms with van der Waals surface area (Å²) in [6.45, 7) is 0.774. The second-order valence-corrected chi connectivity index (χ2v) is 7.67. The van der Waals surface area contributed by atoms with Crippen molar-refractivity contribution in [3.8, 4) is 5.75 Å². The van der Waals surface area contributed by atoms with Crippen molar-refractivity contribution in [3.05, 3.63) is 93.3 Å². The summed E-state index contributed by atoms with van der Waals surface area (Å²) < 4.78 is 79.5. The predicted molar refractivity (Wildman–Crippen MR) is 113 cm³/mol. The van der Waals surface area contributed by atoms with Crippen LogP contribution in [-0.4, -0.2) is 20.8 Å². The Labute approximate surface area is 199 Å². The average Bonchev–Trinajstić information content (AvgIpc) is 3.44. The van der Waals surface area contributed by atoms with Crippen LogP contribution in [0.3, 0.4) is 0 Å². The highest BCUT2D eigenvalue weighted by Gasteiger charge is 2.26. The van der Waals surface area contributed by atoms with E-state index in [1.807, 2.05) is 0 Å². The number of aryl methyl sites for hydroxylation is 1. The minimum atomic E-state index is -2.25. The number of halogens is 6. The maximum atomic E-state index is 13.9. The van der Waals surface area contributed by atoms with Crippen molar-refractivity contribution < 1.29 is 36.0 Å². The van der Waals surface area contributed by atoms with Gasteiger partial charge in [0.1, 0.15) is 18.1 Å². The maximum absolute atomic E-state index is 13.9. The molecule has 2 aromatic heterocycles. The van der Waals surface area contributed by atoms with E-state index in [0.717, 1.165) is 17.1 Å². The van der Waals surface area contributed by atoms with Crippen LogP contribution in [0.25, 0.3) is 0 Å². The lowest BCUT2D eigenvalue weighted by Gasteiger charge is -2.08. The van der Waals surface area contributed by atoms with Crippen molar-refractivity contribution in [2.45, 2.75) is 20.1 Å². The number of aromatic nitrogens is 3. The van der Waals surface area contributed by atoms with Crippen LogP contribution in [0.15, 0.2) is 41.2 Å². The molecule has 2 heterocycles. The molecule has 0 radical (unpaired) electrons. The molecule has 0 spiro atoms. The number of hydrogen-bond donors (Lipinski definition) is 1. The lowest BCUT2D eigenvalue weighted by Crippen LogP contribution is -2.15. The van der Waals surface area contributed by atoms with E-state index >= 15 is 0 Å². The molecule has 0 aliphatic rings. The van der Waals surface area contributed by atoms with Gasteiger partial charge in [-0.3, -0.25) is 9.48 Å². The van der Waals surface area contributed by atoms with Gasteiger partial charge in [0, 0.05) is 11.2 Å². The summed E-state index contributed by atoms with van der Waals surface area (Å²) in [5.41, 5.74) is -0.713. The minimum Gasteiger partial charge on any atom is -0.489 e. The third kappa shape index (κ3) is 4.97. The number of carbonyl (C=O) groups is 1. The van der Waals surface area contributed by atoms with E-state index in [1.54, 1.807) is 31.2 Å². The number of ether oxygens (including phenoxy) is 1. The smallest absolute Gasteiger partial charge is 0.278 e. The number of carbonyl (C=O) groups excluding carboxylic acids is 1. The standard InChI is InChI=1S/C22H14ClF5N4O3/c1-10-15(9-34-13-4-2-11(23)3-5-13)21(31-35-10)22(33)30-12-6-29-32(7-12)8-14-16(24)18(26)20(28)19(27)17(14)25/h2-7H,8-9H2,1H3,(H,30,33). The SMILES string of the molecule is Cc1onc(C(=O)Nc2cnn(Cc3c(F)c(F)c(F)c(F)c3F)c2)c1COc1ccc(Cl)cc1. The summed E-state index contributed by atoms with van der Waals surface area (Å²) in [7, 11) is 0. The Hall–Kier alpha value is -3.93. The zero-order chi connectivity index (χ0) is 25.3. The number of hydrogen-bond acceptors (Lipinski definition) is 5. The predicted octanol–water partition coefficient (Wildman–Crippen LogP) is 5.41. The molecule has 182 valence electrons. The fourth-order valence-electron chi connectivity index (χ4n) is 3.08.